The molecule has 0 fully saturated rings. The summed E-state index contributed by atoms with van der Waals surface area (Å²) in [5.41, 5.74) is 5.82. The Hall–Kier alpha value is -1.47. The predicted octanol–water partition coefficient (Wildman–Crippen LogP) is 0.113. The third kappa shape index (κ3) is 3.01. The fourth-order valence-electron chi connectivity index (χ4n) is 1.05. The highest BCUT2D eigenvalue weighted by molar-refractivity contribution is 7.13. The standard InChI is InChI=1S/C9H13N3O3S/c1-4(10)8(13)11-3-6-12-5(2)7(16-6)9(14)15/h4H,3,10H2,1-2H3,(H,11,13)(H,14,15)/t4-/m1/s1. The summed E-state index contributed by atoms with van der Waals surface area (Å²) in [6.07, 6.45) is 0. The van der Waals surface area contributed by atoms with Gasteiger partial charge in [-0.25, -0.2) is 9.78 Å². The van der Waals surface area contributed by atoms with E-state index in [0.717, 1.165) is 11.3 Å². The molecule has 1 rings (SSSR count). The molecule has 16 heavy (non-hydrogen) atoms. The first-order valence-electron chi connectivity index (χ1n) is 4.64. The Bertz CT molecular complexity index is 414. The van der Waals surface area contributed by atoms with Crippen LogP contribution in [-0.2, 0) is 11.3 Å². The van der Waals surface area contributed by atoms with Crippen molar-refractivity contribution < 1.29 is 14.7 Å². The summed E-state index contributed by atoms with van der Waals surface area (Å²) in [4.78, 5) is 26.2. The minimum Gasteiger partial charge on any atom is -0.477 e. The van der Waals surface area contributed by atoms with E-state index in [-0.39, 0.29) is 17.3 Å². The van der Waals surface area contributed by atoms with Crippen molar-refractivity contribution >= 4 is 23.2 Å². The maximum Gasteiger partial charge on any atom is 0.347 e. The highest BCUT2D eigenvalue weighted by Gasteiger charge is 2.14. The van der Waals surface area contributed by atoms with Crippen LogP contribution in [0.4, 0.5) is 0 Å². The number of nitrogens with zero attached hydrogens (tertiary/aromatic N) is 1. The van der Waals surface area contributed by atoms with Crippen molar-refractivity contribution in [1.29, 1.82) is 0 Å². The van der Waals surface area contributed by atoms with Crippen LogP contribution in [-0.4, -0.2) is 28.0 Å². The van der Waals surface area contributed by atoms with Crippen LogP contribution in [0, 0.1) is 6.92 Å². The molecule has 1 atom stereocenters. The van der Waals surface area contributed by atoms with E-state index < -0.39 is 12.0 Å². The number of nitrogens with two attached hydrogens (primary N) is 1. The molecule has 1 amide bonds. The van der Waals surface area contributed by atoms with Gasteiger partial charge in [-0.2, -0.15) is 0 Å². The fraction of sp³-hybridized carbons (Fsp3) is 0.444. The molecule has 0 saturated carbocycles. The molecule has 0 aliphatic carbocycles. The van der Waals surface area contributed by atoms with Crippen LogP contribution in [0.25, 0.3) is 0 Å². The van der Waals surface area contributed by atoms with Crippen molar-refractivity contribution in [2.24, 2.45) is 5.73 Å². The highest BCUT2D eigenvalue weighted by Crippen LogP contribution is 2.17. The van der Waals surface area contributed by atoms with Crippen LogP contribution in [0.2, 0.25) is 0 Å². The number of thiazole rings is 1. The van der Waals surface area contributed by atoms with Crippen molar-refractivity contribution in [2.75, 3.05) is 0 Å². The van der Waals surface area contributed by atoms with E-state index in [1.54, 1.807) is 13.8 Å². The Morgan fingerprint density at radius 2 is 2.25 bits per heavy atom. The number of aromatic carboxylic acids is 1. The smallest absolute Gasteiger partial charge is 0.347 e. The largest absolute Gasteiger partial charge is 0.477 e. The summed E-state index contributed by atoms with van der Waals surface area (Å²) in [7, 11) is 0. The summed E-state index contributed by atoms with van der Waals surface area (Å²) in [5, 5.41) is 11.9. The number of rotatable bonds is 4. The molecule has 0 unspecified atom stereocenters. The molecule has 4 N–H and O–H groups in total. The first-order valence-corrected chi connectivity index (χ1v) is 5.46. The molecule has 1 heterocycles. The molecule has 0 aromatic carbocycles. The van der Waals surface area contributed by atoms with E-state index >= 15 is 0 Å². The van der Waals surface area contributed by atoms with Gasteiger partial charge in [0.25, 0.3) is 0 Å². The quantitative estimate of drug-likeness (QED) is 0.696. The SMILES string of the molecule is Cc1nc(CNC(=O)[C@@H](C)N)sc1C(=O)O. The zero-order valence-corrected chi connectivity index (χ0v) is 9.80. The lowest BCUT2D eigenvalue weighted by atomic mass is 10.3. The number of amides is 1. The average Bonchev–Trinajstić information content (AvgIpc) is 2.56. The van der Waals surface area contributed by atoms with Gasteiger partial charge in [-0.1, -0.05) is 0 Å². The average molecular weight is 243 g/mol. The predicted molar refractivity (Wildman–Crippen MR) is 59.3 cm³/mol. The van der Waals surface area contributed by atoms with Gasteiger partial charge in [0.1, 0.15) is 9.88 Å². The summed E-state index contributed by atoms with van der Waals surface area (Å²) >= 11 is 1.06. The maximum absolute atomic E-state index is 11.2. The number of nitrogens with one attached hydrogen (secondary N) is 1. The second-order valence-corrected chi connectivity index (χ2v) is 4.42. The Balaban J connectivity index is 2.65. The zero-order chi connectivity index (χ0) is 12.3. The van der Waals surface area contributed by atoms with E-state index in [0.29, 0.717) is 10.7 Å². The third-order valence-electron chi connectivity index (χ3n) is 1.86. The molecular formula is C9H13N3O3S. The molecule has 1 aromatic heterocycles. The van der Waals surface area contributed by atoms with E-state index in [1.807, 2.05) is 0 Å². The molecule has 0 spiro atoms. The van der Waals surface area contributed by atoms with Crippen LogP contribution in [0.5, 0.6) is 0 Å². The monoisotopic (exact) mass is 243 g/mol. The van der Waals surface area contributed by atoms with Crippen LogP contribution in [0.3, 0.4) is 0 Å². The number of carbonyl (C=O) groups is 2. The van der Waals surface area contributed by atoms with Crippen LogP contribution < -0.4 is 11.1 Å². The van der Waals surface area contributed by atoms with Gasteiger partial charge in [0, 0.05) is 0 Å². The Labute approximate surface area is 96.5 Å². The number of carboxylic acids is 1. The van der Waals surface area contributed by atoms with Gasteiger partial charge in [0.05, 0.1) is 18.3 Å². The zero-order valence-electron chi connectivity index (χ0n) is 8.98. The maximum atomic E-state index is 11.2. The molecule has 0 aliphatic heterocycles. The summed E-state index contributed by atoms with van der Waals surface area (Å²) < 4.78 is 0. The molecule has 0 saturated heterocycles. The minimum atomic E-state index is -1.00. The second-order valence-electron chi connectivity index (χ2n) is 3.33. The van der Waals surface area contributed by atoms with Crippen molar-refractivity contribution in [1.82, 2.24) is 10.3 Å². The first-order chi connectivity index (χ1) is 7.41. The number of carbonyl (C=O) groups excluding carboxylic acids is 1. The number of hydrogen-bond donors (Lipinski definition) is 3. The molecule has 1 aromatic rings. The molecule has 6 nitrogen and oxygen atoms in total. The number of hydrogen-bond acceptors (Lipinski definition) is 5. The van der Waals surface area contributed by atoms with Crippen molar-refractivity contribution in [3.05, 3.63) is 15.6 Å². The third-order valence-corrected chi connectivity index (χ3v) is 3.01. The van der Waals surface area contributed by atoms with E-state index in [9.17, 15) is 9.59 Å². The van der Waals surface area contributed by atoms with Gasteiger partial charge >= 0.3 is 5.97 Å². The summed E-state index contributed by atoms with van der Waals surface area (Å²) in [6.45, 7) is 3.40. The van der Waals surface area contributed by atoms with Crippen molar-refractivity contribution in [3.8, 4) is 0 Å². The van der Waals surface area contributed by atoms with Gasteiger partial charge in [-0.15, -0.1) is 11.3 Å². The molecular weight excluding hydrogens is 230 g/mol. The Morgan fingerprint density at radius 3 is 2.69 bits per heavy atom. The molecule has 7 heteroatoms. The van der Waals surface area contributed by atoms with Crippen molar-refractivity contribution in [3.63, 3.8) is 0 Å². The minimum absolute atomic E-state index is 0.199. The normalized spacial score (nSPS) is 12.2. The van der Waals surface area contributed by atoms with Crippen LogP contribution in [0.1, 0.15) is 27.3 Å². The Morgan fingerprint density at radius 1 is 1.62 bits per heavy atom. The Kier molecular flexibility index (Phi) is 3.97. The first kappa shape index (κ1) is 12.6. The van der Waals surface area contributed by atoms with Gasteiger partial charge in [-0.05, 0) is 13.8 Å². The highest BCUT2D eigenvalue weighted by atomic mass is 32.1. The van der Waals surface area contributed by atoms with Crippen LogP contribution in [0.15, 0.2) is 0 Å². The number of carboxylic acid groups (broad SMARTS) is 1. The molecule has 0 aliphatic rings. The summed E-state index contributed by atoms with van der Waals surface area (Å²) in [5.74, 6) is -1.29. The lowest BCUT2D eigenvalue weighted by Gasteiger charge is -2.04. The van der Waals surface area contributed by atoms with E-state index in [1.165, 1.54) is 0 Å². The fourth-order valence-corrected chi connectivity index (χ4v) is 1.89. The van der Waals surface area contributed by atoms with Gasteiger partial charge in [0.2, 0.25) is 5.91 Å². The van der Waals surface area contributed by atoms with Crippen LogP contribution >= 0.6 is 11.3 Å². The molecule has 0 bridgehead atoms. The van der Waals surface area contributed by atoms with E-state index in [4.69, 9.17) is 10.8 Å². The molecule has 0 radical (unpaired) electrons. The number of aryl methyl sites for hydroxylation is 1. The summed E-state index contributed by atoms with van der Waals surface area (Å²) in [6, 6.07) is -0.583. The topological polar surface area (TPSA) is 105 Å². The van der Waals surface area contributed by atoms with Gasteiger partial charge in [0.15, 0.2) is 0 Å². The molecule has 88 valence electrons. The number of aromatic nitrogens is 1. The van der Waals surface area contributed by atoms with Gasteiger partial charge < -0.3 is 16.2 Å². The van der Waals surface area contributed by atoms with E-state index in [2.05, 4.69) is 10.3 Å². The lowest BCUT2D eigenvalue weighted by molar-refractivity contribution is -0.122. The lowest BCUT2D eigenvalue weighted by Crippen LogP contribution is -2.37. The van der Waals surface area contributed by atoms with Gasteiger partial charge in [-0.3, -0.25) is 4.79 Å². The second kappa shape index (κ2) is 5.04. The van der Waals surface area contributed by atoms with Crippen molar-refractivity contribution in [2.45, 2.75) is 26.4 Å².